The summed E-state index contributed by atoms with van der Waals surface area (Å²) in [4.78, 5) is 7.50. The fourth-order valence-electron chi connectivity index (χ4n) is 0. The van der Waals surface area contributed by atoms with Crippen LogP contribution >= 0.6 is 0 Å². The molecule has 0 amide bonds. The van der Waals surface area contributed by atoms with E-state index in [0.29, 0.717) is 0 Å². The van der Waals surface area contributed by atoms with Gasteiger partial charge in [0.1, 0.15) is 0 Å². The quantitative estimate of drug-likeness (QED) is 0.369. The Hall–Kier alpha value is 1.03. The van der Waals surface area contributed by atoms with Crippen LogP contribution in [0.25, 0.3) is 0 Å². The smallest absolute Gasteiger partial charge is 0 e. The van der Waals surface area contributed by atoms with Gasteiger partial charge in [-0.3, -0.25) is 0 Å². The molecule has 4 heteroatoms. The van der Waals surface area contributed by atoms with Gasteiger partial charge in [0.2, 0.25) is 0 Å². The van der Waals surface area contributed by atoms with Crippen LogP contribution in [0.15, 0.2) is 0 Å². The van der Waals surface area contributed by atoms with Crippen molar-refractivity contribution < 1.29 is 43.4 Å². The van der Waals surface area contributed by atoms with Gasteiger partial charge in [-0.2, -0.15) is 4.91 Å². The minimum absolute atomic E-state index is 0. The zero-order chi connectivity index (χ0) is 2.00. The third kappa shape index (κ3) is 11.8. The summed E-state index contributed by atoms with van der Waals surface area (Å²) in [5, 5.41) is 0. The van der Waals surface area contributed by atoms with Gasteiger partial charge in [0.25, 0.3) is 0 Å². The van der Waals surface area contributed by atoms with Gasteiger partial charge in [-0.25, -0.2) is 0 Å². The second-order valence-corrected chi connectivity index (χ2v) is 0. The average Bonchev–Trinajstić information content (AvgIpc) is 1.00. The maximum atomic E-state index is 7.50. The van der Waals surface area contributed by atoms with Gasteiger partial charge < -0.3 is 0 Å². The third-order valence-corrected chi connectivity index (χ3v) is 0. The minimum Gasteiger partial charge on any atom is -0.154 e. The summed E-state index contributed by atoms with van der Waals surface area (Å²) in [5.74, 6) is 0. The van der Waals surface area contributed by atoms with Crippen LogP contribution in [0.3, 0.4) is 0 Å². The Morgan fingerprint density at radius 1 is 1.00 bits per heavy atom. The van der Waals surface area contributed by atoms with Crippen molar-refractivity contribution in [1.29, 1.82) is 5.59 Å². The SMILES string of the molecule is N=O.[Ti].[Ti]. The monoisotopic (exact) mass is 127 g/mol. The Morgan fingerprint density at radius 2 is 1.00 bits per heavy atom. The number of hydrogen-bond donors (Lipinski definition) is 1. The predicted octanol–water partition coefficient (Wildman–Crippen LogP) is 0.327. The van der Waals surface area contributed by atoms with Crippen LogP contribution in [0.5, 0.6) is 0 Å². The number of nitrogens with one attached hydrogen (secondary N) is 1. The second kappa shape index (κ2) is 34.9. The van der Waals surface area contributed by atoms with Crippen molar-refractivity contribution in [1.82, 2.24) is 0 Å². The summed E-state index contributed by atoms with van der Waals surface area (Å²) in [7, 11) is 0. The van der Waals surface area contributed by atoms with Gasteiger partial charge in [-0.1, -0.05) is 5.59 Å². The van der Waals surface area contributed by atoms with Crippen molar-refractivity contribution in [3.63, 3.8) is 0 Å². The van der Waals surface area contributed by atoms with Gasteiger partial charge in [0.15, 0.2) is 0 Å². The molecule has 0 aliphatic rings. The predicted molar refractivity (Wildman–Crippen MR) is 6.09 cm³/mol. The molecule has 0 unspecified atom stereocenters. The van der Waals surface area contributed by atoms with Gasteiger partial charge in [0, 0.05) is 43.4 Å². The number of hydrogen-bond acceptors (Lipinski definition) is 2. The fourth-order valence-corrected chi connectivity index (χ4v) is 0. The molecule has 0 atom stereocenters. The molecule has 0 aromatic heterocycles. The molecule has 0 heterocycles. The third-order valence-electron chi connectivity index (χ3n) is 0. The van der Waals surface area contributed by atoms with Gasteiger partial charge in [0.05, 0.1) is 0 Å². The summed E-state index contributed by atoms with van der Waals surface area (Å²) in [6.07, 6.45) is 0. The normalized spacial score (nSPS) is 1.00. The zero-order valence-corrected chi connectivity index (χ0v) is 5.03. The van der Waals surface area contributed by atoms with Crippen molar-refractivity contribution in [2.45, 2.75) is 0 Å². The van der Waals surface area contributed by atoms with E-state index in [1.165, 1.54) is 0 Å². The van der Waals surface area contributed by atoms with Crippen molar-refractivity contribution in [2.75, 3.05) is 0 Å². The van der Waals surface area contributed by atoms with Crippen LogP contribution in [0.2, 0.25) is 0 Å². The number of rotatable bonds is 0. The van der Waals surface area contributed by atoms with Crippen LogP contribution in [0, 0.1) is 10.5 Å². The topological polar surface area (TPSA) is 40.9 Å². The molecular formula is HNOTi2. The van der Waals surface area contributed by atoms with E-state index in [2.05, 4.69) is 5.59 Å². The van der Waals surface area contributed by atoms with Gasteiger partial charge in [-0.05, 0) is 0 Å². The first-order chi connectivity index (χ1) is 1.00. The molecule has 0 fully saturated rings. The van der Waals surface area contributed by atoms with E-state index in [9.17, 15) is 0 Å². The molecule has 20 valence electrons. The fraction of sp³-hybridized carbons (Fsp3) is 0. The van der Waals surface area contributed by atoms with Crippen LogP contribution < -0.4 is 0 Å². The molecule has 0 rings (SSSR count). The van der Waals surface area contributed by atoms with Crippen molar-refractivity contribution in [2.24, 2.45) is 0 Å². The van der Waals surface area contributed by atoms with Gasteiger partial charge in [-0.15, -0.1) is 0 Å². The van der Waals surface area contributed by atoms with Gasteiger partial charge >= 0.3 is 0 Å². The molecule has 0 aromatic carbocycles. The Morgan fingerprint density at radius 3 is 1.00 bits per heavy atom. The van der Waals surface area contributed by atoms with E-state index in [1.54, 1.807) is 0 Å². The Balaban J connectivity index is -0.00000000500. The first-order valence-electron chi connectivity index (χ1n) is 0.204. The summed E-state index contributed by atoms with van der Waals surface area (Å²) in [5.41, 5.74) is 4.50. The van der Waals surface area contributed by atoms with Crippen molar-refractivity contribution >= 4 is 0 Å². The molecule has 0 bridgehead atoms. The molecule has 0 saturated carbocycles. The summed E-state index contributed by atoms with van der Waals surface area (Å²) >= 11 is 0. The van der Waals surface area contributed by atoms with Crippen LogP contribution in [0.1, 0.15) is 0 Å². The molecule has 0 aromatic rings. The Bertz CT molecular complexity index is 6.00. The minimum atomic E-state index is 0. The number of nitroso groups, excluding NO2 is 1. The maximum Gasteiger partial charge on any atom is 0 e. The molecule has 0 aliphatic carbocycles. The molecule has 0 aliphatic heterocycles. The zero-order valence-electron chi connectivity index (χ0n) is 1.91. The van der Waals surface area contributed by atoms with E-state index in [1.807, 2.05) is 0 Å². The standard InChI is InChI=1S/HNO.2Ti/c1-2;;/h1H;;. The molecule has 0 radical (unpaired) electrons. The van der Waals surface area contributed by atoms with Crippen LogP contribution in [-0.4, -0.2) is 0 Å². The largest absolute Gasteiger partial charge is 0.154 e. The first-order valence-corrected chi connectivity index (χ1v) is 0.204. The van der Waals surface area contributed by atoms with Crippen molar-refractivity contribution in [3.8, 4) is 0 Å². The summed E-state index contributed by atoms with van der Waals surface area (Å²) < 4.78 is 0. The van der Waals surface area contributed by atoms with Crippen molar-refractivity contribution in [3.05, 3.63) is 4.91 Å². The summed E-state index contributed by atoms with van der Waals surface area (Å²) in [6, 6.07) is 0. The van der Waals surface area contributed by atoms with Crippen LogP contribution in [-0.2, 0) is 43.4 Å². The molecular weight excluding hydrogens is 126 g/mol. The average molecular weight is 127 g/mol. The van der Waals surface area contributed by atoms with Crippen LogP contribution in [0.4, 0.5) is 0 Å². The first kappa shape index (κ1) is 19.8. The van der Waals surface area contributed by atoms with E-state index in [4.69, 9.17) is 4.91 Å². The molecule has 0 spiro atoms. The molecule has 0 saturated heterocycles. The summed E-state index contributed by atoms with van der Waals surface area (Å²) in [6.45, 7) is 0. The molecule has 4 heavy (non-hydrogen) atoms. The van der Waals surface area contributed by atoms with E-state index in [-0.39, 0.29) is 43.4 Å². The Kier molecular flexibility index (Phi) is 173. The second-order valence-electron chi connectivity index (χ2n) is 0. The van der Waals surface area contributed by atoms with E-state index >= 15 is 0 Å². The Labute approximate surface area is 53.9 Å². The van der Waals surface area contributed by atoms with E-state index in [0.717, 1.165) is 0 Å². The maximum absolute atomic E-state index is 7.50. The molecule has 1 N–H and O–H groups in total. The van der Waals surface area contributed by atoms with E-state index < -0.39 is 0 Å². The molecule has 2 nitrogen and oxygen atoms in total.